The predicted octanol–water partition coefficient (Wildman–Crippen LogP) is 3.00. The Hall–Kier alpha value is 0.170. The van der Waals surface area contributed by atoms with Gasteiger partial charge in [0.05, 0.1) is 0 Å². The van der Waals surface area contributed by atoms with Crippen LogP contribution in [0.4, 0.5) is 0 Å². The van der Waals surface area contributed by atoms with Crippen molar-refractivity contribution in [3.8, 4) is 0 Å². The van der Waals surface area contributed by atoms with E-state index < -0.39 is 0 Å². The Labute approximate surface area is 64.9 Å². The number of allylic oxidation sites excluding steroid dienone is 2. The van der Waals surface area contributed by atoms with E-state index in [4.69, 9.17) is 0 Å². The monoisotopic (exact) mass is 154 g/mol. The fraction of sp³-hybridized carbons (Fsp3) is 0.778. The second-order valence-electron chi connectivity index (χ2n) is 3.44. The molecule has 2 aliphatic carbocycles. The van der Waals surface area contributed by atoms with Crippen LogP contribution in [0.3, 0.4) is 0 Å². The molecule has 0 aliphatic heterocycles. The second-order valence-corrected chi connectivity index (χ2v) is 4.52. The maximum Gasteiger partial charge on any atom is -0.0132 e. The summed E-state index contributed by atoms with van der Waals surface area (Å²) in [4.78, 5) is 0. The van der Waals surface area contributed by atoms with Crippen LogP contribution in [0.5, 0.6) is 0 Å². The molecule has 10 heavy (non-hydrogen) atoms. The smallest absolute Gasteiger partial charge is 0.0132 e. The minimum absolute atomic E-state index is 1.03. The lowest BCUT2D eigenvalue weighted by atomic mass is 10.0. The van der Waals surface area contributed by atoms with Crippen molar-refractivity contribution in [1.82, 2.24) is 0 Å². The second kappa shape index (κ2) is 2.66. The molecule has 3 unspecified atom stereocenters. The number of fused-ring (bicyclic) bond motifs is 1. The van der Waals surface area contributed by atoms with Crippen molar-refractivity contribution < 1.29 is 0 Å². The van der Waals surface area contributed by atoms with E-state index in [0.717, 1.165) is 20.4 Å². The average molecular weight is 154 g/mol. The van der Waals surface area contributed by atoms with E-state index >= 15 is 0 Å². The Morgan fingerprint density at radius 1 is 1.50 bits per heavy atom. The van der Waals surface area contributed by atoms with E-state index in [1.165, 1.54) is 25.7 Å². The molecule has 1 fully saturated rings. The van der Waals surface area contributed by atoms with Gasteiger partial charge in [-0.05, 0) is 37.8 Å². The third-order valence-electron chi connectivity index (χ3n) is 2.99. The minimum Gasteiger partial charge on any atom is -0.0981 e. The molecule has 2 rings (SSSR count). The van der Waals surface area contributed by atoms with Gasteiger partial charge in [-0.15, -0.1) is 0 Å². The van der Waals surface area contributed by atoms with Crippen LogP contribution in [0.1, 0.15) is 25.7 Å². The van der Waals surface area contributed by atoms with Gasteiger partial charge in [0.2, 0.25) is 0 Å². The first kappa shape index (κ1) is 6.85. The average Bonchev–Trinajstić information content (AvgIpc) is 2.44. The maximum absolute atomic E-state index is 2.51. The van der Waals surface area contributed by atoms with Crippen LogP contribution in [-0.4, -0.2) is 6.66 Å². The van der Waals surface area contributed by atoms with E-state index in [9.17, 15) is 0 Å². The van der Waals surface area contributed by atoms with Crippen molar-refractivity contribution >= 4 is 8.58 Å². The van der Waals surface area contributed by atoms with Crippen LogP contribution in [-0.2, 0) is 0 Å². The van der Waals surface area contributed by atoms with E-state index in [0.29, 0.717) is 0 Å². The third kappa shape index (κ3) is 0.937. The molecule has 1 heteroatoms. The summed E-state index contributed by atoms with van der Waals surface area (Å²) in [6.45, 7) is 2.33. The van der Waals surface area contributed by atoms with Crippen LogP contribution < -0.4 is 0 Å². The van der Waals surface area contributed by atoms with Crippen LogP contribution in [0, 0.1) is 11.8 Å². The molecule has 0 N–H and O–H groups in total. The summed E-state index contributed by atoms with van der Waals surface area (Å²) in [5.74, 6) is 2.10. The van der Waals surface area contributed by atoms with Gasteiger partial charge in [0.15, 0.2) is 0 Å². The van der Waals surface area contributed by atoms with E-state index in [2.05, 4.69) is 12.7 Å². The Bertz CT molecular complexity index is 160. The molecule has 56 valence electrons. The Balaban J connectivity index is 2.10. The Morgan fingerprint density at radius 2 is 2.40 bits per heavy atom. The number of hydrogen-bond donors (Lipinski definition) is 0. The first-order valence-electron chi connectivity index (χ1n) is 4.29. The molecular formula is C9H15P. The summed E-state index contributed by atoms with van der Waals surface area (Å²) in [5.41, 5.74) is 0. The molecule has 0 amide bonds. The first-order valence-corrected chi connectivity index (χ1v) is 5.79. The highest BCUT2D eigenvalue weighted by Gasteiger charge is 2.32. The van der Waals surface area contributed by atoms with Crippen molar-refractivity contribution in [3.05, 3.63) is 11.4 Å². The maximum atomic E-state index is 2.51. The van der Waals surface area contributed by atoms with Crippen LogP contribution in [0.15, 0.2) is 11.4 Å². The van der Waals surface area contributed by atoms with E-state index in [1.807, 2.05) is 0 Å². The van der Waals surface area contributed by atoms with Gasteiger partial charge < -0.3 is 0 Å². The van der Waals surface area contributed by atoms with Gasteiger partial charge in [-0.1, -0.05) is 26.4 Å². The van der Waals surface area contributed by atoms with E-state index in [1.54, 1.807) is 5.31 Å². The predicted molar refractivity (Wildman–Crippen MR) is 47.8 cm³/mol. The van der Waals surface area contributed by atoms with Crippen molar-refractivity contribution in [3.63, 3.8) is 0 Å². The number of rotatable bonds is 1. The zero-order valence-corrected chi connectivity index (χ0v) is 7.56. The van der Waals surface area contributed by atoms with Gasteiger partial charge in [0, 0.05) is 0 Å². The van der Waals surface area contributed by atoms with Gasteiger partial charge in [-0.3, -0.25) is 0 Å². The van der Waals surface area contributed by atoms with Gasteiger partial charge in [-0.2, -0.15) is 0 Å². The molecule has 0 aromatic carbocycles. The number of hydrogen-bond acceptors (Lipinski definition) is 0. The van der Waals surface area contributed by atoms with Crippen molar-refractivity contribution in [2.24, 2.45) is 11.8 Å². The van der Waals surface area contributed by atoms with Gasteiger partial charge in [0.25, 0.3) is 0 Å². The zero-order chi connectivity index (χ0) is 6.97. The fourth-order valence-corrected chi connectivity index (χ4v) is 3.52. The molecule has 0 aromatic heterocycles. The van der Waals surface area contributed by atoms with Crippen molar-refractivity contribution in [1.29, 1.82) is 0 Å². The summed E-state index contributed by atoms with van der Waals surface area (Å²) in [7, 11) is 1.09. The minimum atomic E-state index is 1.03. The van der Waals surface area contributed by atoms with Crippen LogP contribution >= 0.6 is 8.58 Å². The molecule has 3 atom stereocenters. The molecule has 0 bridgehead atoms. The molecule has 2 aliphatic rings. The van der Waals surface area contributed by atoms with Crippen LogP contribution in [0.2, 0.25) is 0 Å². The largest absolute Gasteiger partial charge is 0.0981 e. The molecule has 0 saturated heterocycles. The third-order valence-corrected chi connectivity index (χ3v) is 4.14. The standard InChI is InChI=1S/C9H15P/c1-10-9-6-5-7-3-2-4-8(7)9/h6-8,10H,2-5H2,1H3. The lowest BCUT2D eigenvalue weighted by Crippen LogP contribution is -1.99. The highest BCUT2D eigenvalue weighted by Crippen LogP contribution is 2.49. The summed E-state index contributed by atoms with van der Waals surface area (Å²) in [6.07, 6.45) is 8.41. The lowest BCUT2D eigenvalue weighted by molar-refractivity contribution is 0.491. The molecule has 1 saturated carbocycles. The molecule has 0 nitrogen and oxygen atoms in total. The lowest BCUT2D eigenvalue weighted by Gasteiger charge is -2.11. The van der Waals surface area contributed by atoms with Gasteiger partial charge in [-0.25, -0.2) is 0 Å². The molecule has 0 heterocycles. The zero-order valence-electron chi connectivity index (χ0n) is 6.56. The van der Waals surface area contributed by atoms with Gasteiger partial charge in [0.1, 0.15) is 0 Å². The summed E-state index contributed by atoms with van der Waals surface area (Å²) in [5, 5.41) is 1.79. The highest BCUT2D eigenvalue weighted by molar-refractivity contribution is 7.42. The van der Waals surface area contributed by atoms with Crippen molar-refractivity contribution in [2.45, 2.75) is 25.7 Å². The summed E-state index contributed by atoms with van der Waals surface area (Å²) >= 11 is 0. The van der Waals surface area contributed by atoms with Crippen LogP contribution in [0.25, 0.3) is 0 Å². The molecule has 0 radical (unpaired) electrons. The topological polar surface area (TPSA) is 0 Å². The molecule has 0 aromatic rings. The summed E-state index contributed by atoms with van der Waals surface area (Å²) in [6, 6.07) is 0. The first-order chi connectivity index (χ1) is 4.92. The Kier molecular flexibility index (Phi) is 1.82. The summed E-state index contributed by atoms with van der Waals surface area (Å²) < 4.78 is 0. The molecular weight excluding hydrogens is 139 g/mol. The normalized spacial score (nSPS) is 39.1. The van der Waals surface area contributed by atoms with Gasteiger partial charge >= 0.3 is 0 Å². The molecule has 0 spiro atoms. The SMILES string of the molecule is CPC1=CCC2CCCC12. The Morgan fingerprint density at radius 3 is 3.20 bits per heavy atom. The van der Waals surface area contributed by atoms with E-state index in [-0.39, 0.29) is 0 Å². The highest BCUT2D eigenvalue weighted by atomic mass is 31.1. The fourth-order valence-electron chi connectivity index (χ4n) is 2.45. The quantitative estimate of drug-likeness (QED) is 0.509. The van der Waals surface area contributed by atoms with Crippen molar-refractivity contribution in [2.75, 3.05) is 6.66 Å².